The van der Waals surface area contributed by atoms with Crippen molar-refractivity contribution in [3.63, 3.8) is 0 Å². The second kappa shape index (κ2) is 49.9. The summed E-state index contributed by atoms with van der Waals surface area (Å²) >= 11 is 0. The van der Waals surface area contributed by atoms with E-state index in [2.05, 4.69) is 78.1 Å². The summed E-state index contributed by atoms with van der Waals surface area (Å²) in [4.78, 5) is 188. The third-order valence-corrected chi connectivity index (χ3v) is 27.6. The van der Waals surface area contributed by atoms with Crippen LogP contribution < -0.4 is 93.3 Å². The fraction of sp³-hybridized carbons (Fsp3) is 0.546. The summed E-state index contributed by atoms with van der Waals surface area (Å²) in [5, 5.41) is 69.1. The van der Waals surface area contributed by atoms with Crippen molar-refractivity contribution in [3.8, 4) is 17.2 Å². The first-order chi connectivity index (χ1) is 66.3. The molecule has 778 valence electrons. The highest BCUT2D eigenvalue weighted by molar-refractivity contribution is 7.90. The quantitative estimate of drug-likeness (QED) is 0.00632. The summed E-state index contributed by atoms with van der Waals surface area (Å²) in [6.45, 7) is 27.7. The lowest BCUT2D eigenvalue weighted by Crippen LogP contribution is -2.61. The van der Waals surface area contributed by atoms with Crippen LogP contribution in [0.3, 0.4) is 0 Å². The molecule has 11 amide bonds. The SMILES string of the molecule is CC(=O)N[C@@H](Cc1ccc(O[N+](=O)[O-])cc1)C(=O)N1CCC[C@H]1C(=O)N[C@@H](CCCNC(=N)NS(=O)(=O)c1c(C)c(C)c2c(c1C)CCC(C)(C)O2)C(=O)N[C@@H](Cc1ccccc1)C(=O)N[C@@H](CCCNC(=N)NS(=O)(=O)c1c(C)c(C)c2c(c1C)CCC(C)(C)O2)C(=O)N[C@H](C(=O)NCC(=O)N[C@@H](COC(C)(C)C)C(=O)N[C@@H](CCCCNC(=O)c1ccccc1N)C(=O)NCC(=O)O)[C@@H](C)OC(C)(C)C. The Labute approximate surface area is 828 Å². The Morgan fingerprint density at radius 3 is 1.54 bits per heavy atom. The number of amides is 11. The number of aliphatic carboxylic acids is 1. The predicted octanol–water partition coefficient (Wildman–Crippen LogP) is 4.59. The van der Waals surface area contributed by atoms with Gasteiger partial charge in [-0.3, -0.25) is 73.2 Å². The minimum Gasteiger partial charge on any atom is -0.487 e. The van der Waals surface area contributed by atoms with Crippen molar-refractivity contribution in [2.75, 3.05) is 51.6 Å². The monoisotopic (exact) mass is 2020 g/mol. The predicted molar refractivity (Wildman–Crippen MR) is 526 cm³/mol. The molecule has 45 heteroatoms. The summed E-state index contributed by atoms with van der Waals surface area (Å²) < 4.78 is 87.3. The topological polar surface area (TPSA) is 628 Å². The number of ether oxygens (including phenoxy) is 4. The van der Waals surface area contributed by atoms with Gasteiger partial charge in [-0.15, -0.1) is 10.1 Å². The van der Waals surface area contributed by atoms with Gasteiger partial charge in [0.05, 0.1) is 45.8 Å². The molecule has 43 nitrogen and oxygen atoms in total. The Bertz CT molecular complexity index is 5730. The fourth-order valence-electron chi connectivity index (χ4n) is 17.0. The maximum atomic E-state index is 15.7. The standard InChI is InChI=1S/C97H139N19O24S2/c1-54-56(3)81(58(5)65-41-43-96(15,16)138-79(54)65)141(132,133)113-92(99)102-46-26-34-70(110-89(127)75-36-28-48-115(75)91(129)73(106-61(8)117)50-63-37-39-64(40-38-63)140-116(130)131)85(123)111-72(49-62-29-20-19-21-30-62)87(125)109-71(35-27-47-103-93(100)114-142(134,135)82-57(4)55(2)80-66(59(82)6)42-44-97(17,18)139-80)86(124)112-78(60(7)137-95(12,13)14)90(128)104-51-76(118)107-74(53-136-94(9,10)11)88(126)108-69(84(122)105-52-77(119)120)33-24-25-45-101-83(121)67-31-22-23-32-68(67)98/h19-23,29-32,37-40,60,69-75,78H,24-28,33-36,41-53,98H2,1-18H3,(H,101,121)(H,104,128)(H,105,122)(H,106,117)(H,107,118)(H,108,126)(H,109,125)(H,110,127)(H,111,123)(H,112,124)(H,119,120)(H3,99,102,113)(H3,100,103,114)/t60-,69+,70+,71+,72+,73+,74+,75+,78+/m1/s1. The average Bonchev–Trinajstić information content (AvgIpc) is 0.777. The second-order valence-electron chi connectivity index (χ2n) is 39.0. The van der Waals surface area contributed by atoms with Gasteiger partial charge in [0.15, 0.2) is 0 Å². The van der Waals surface area contributed by atoms with Crippen molar-refractivity contribution < 1.29 is 108 Å². The van der Waals surface area contributed by atoms with E-state index < -0.39 is 211 Å². The van der Waals surface area contributed by atoms with Gasteiger partial charge in [-0.05, 0) is 281 Å². The van der Waals surface area contributed by atoms with Gasteiger partial charge in [0, 0.05) is 51.6 Å². The van der Waals surface area contributed by atoms with E-state index in [-0.39, 0.29) is 117 Å². The number of sulfonamides is 2. The number of nitrogens with zero attached hydrogens (tertiary/aromatic N) is 2. The summed E-state index contributed by atoms with van der Waals surface area (Å²) in [5.74, 6) is -11.5. The molecule has 19 N–H and O–H groups in total. The first kappa shape index (κ1) is 114. The molecule has 0 unspecified atom stereocenters. The lowest BCUT2D eigenvalue weighted by Gasteiger charge is -2.35. The van der Waals surface area contributed by atoms with Gasteiger partial charge in [-0.1, -0.05) is 54.6 Å². The number of rotatable bonds is 47. The lowest BCUT2D eigenvalue weighted by molar-refractivity contribution is -0.711. The third-order valence-electron chi connectivity index (χ3n) is 24.3. The number of para-hydroxylation sites is 1. The van der Waals surface area contributed by atoms with E-state index >= 15 is 19.2 Å². The van der Waals surface area contributed by atoms with E-state index in [9.17, 15) is 70.4 Å². The zero-order valence-corrected chi connectivity index (χ0v) is 85.5. The molecule has 142 heavy (non-hydrogen) atoms. The molecule has 0 saturated carbocycles. The number of nitrogens with two attached hydrogens (primary N) is 1. The molecule has 0 aromatic heterocycles. The number of fused-ring (bicyclic) bond motifs is 2. The van der Waals surface area contributed by atoms with Crippen molar-refractivity contribution in [1.82, 2.24) is 78.1 Å². The van der Waals surface area contributed by atoms with Crippen LogP contribution >= 0.6 is 0 Å². The maximum Gasteiger partial charge on any atom is 0.322 e. The number of nitrogens with one attached hydrogen (secondary N) is 16. The van der Waals surface area contributed by atoms with E-state index in [1.807, 2.05) is 27.7 Å². The van der Waals surface area contributed by atoms with Gasteiger partial charge in [0.2, 0.25) is 71.0 Å². The highest BCUT2D eigenvalue weighted by Gasteiger charge is 2.43. The summed E-state index contributed by atoms with van der Waals surface area (Å²) in [5.41, 5.74) is 8.53. The van der Waals surface area contributed by atoms with Crippen molar-refractivity contribution in [1.29, 1.82) is 10.8 Å². The highest BCUT2D eigenvalue weighted by Crippen LogP contribution is 2.44. The molecule has 3 aliphatic heterocycles. The molecule has 3 aliphatic rings. The van der Waals surface area contributed by atoms with Crippen LogP contribution in [0.1, 0.15) is 220 Å². The molecule has 0 bridgehead atoms. The van der Waals surface area contributed by atoms with Crippen molar-refractivity contribution in [2.24, 2.45) is 0 Å². The van der Waals surface area contributed by atoms with Crippen LogP contribution in [-0.4, -0.2) is 238 Å². The molecule has 5 aromatic rings. The number of guanidine groups is 2. The molecule has 0 radical (unpaired) electrons. The molecule has 1 saturated heterocycles. The number of carbonyl (C=O) groups is 12. The van der Waals surface area contributed by atoms with E-state index in [1.54, 1.807) is 132 Å². The molecular formula is C97H139N19O24S2. The molecular weight excluding hydrogens is 1880 g/mol. The Morgan fingerprint density at radius 1 is 0.549 bits per heavy atom. The number of carboxylic acid groups (broad SMARTS) is 1. The number of hydrogen-bond acceptors (Lipinski definition) is 26. The number of hydrogen-bond donors (Lipinski definition) is 18. The van der Waals surface area contributed by atoms with E-state index in [1.165, 1.54) is 49.1 Å². The lowest BCUT2D eigenvalue weighted by atomic mass is 9.88. The molecule has 1 fully saturated rings. The number of unbranched alkanes of at least 4 members (excludes halogenated alkanes) is 1. The van der Waals surface area contributed by atoms with E-state index in [0.717, 1.165) is 0 Å². The molecule has 3 heterocycles. The fourth-order valence-corrected chi connectivity index (χ4v) is 20.0. The van der Waals surface area contributed by atoms with Gasteiger partial charge in [-0.2, -0.15) is 0 Å². The number of anilines is 1. The van der Waals surface area contributed by atoms with Crippen molar-refractivity contribution >= 4 is 109 Å². The summed E-state index contributed by atoms with van der Waals surface area (Å²) in [6.07, 6.45) is 0.0595. The normalized spacial score (nSPS) is 15.9. The van der Waals surface area contributed by atoms with Crippen molar-refractivity contribution in [3.05, 3.63) is 150 Å². The van der Waals surface area contributed by atoms with Crippen LogP contribution in [0.25, 0.3) is 0 Å². The van der Waals surface area contributed by atoms with Gasteiger partial charge in [0.1, 0.15) is 83.3 Å². The third kappa shape index (κ3) is 33.4. The number of carbonyl (C=O) groups excluding carboxylic acids is 11. The van der Waals surface area contributed by atoms with Crippen LogP contribution in [0.4, 0.5) is 5.69 Å². The Kier molecular flexibility index (Phi) is 40.0. The maximum absolute atomic E-state index is 15.7. The molecule has 9 atom stereocenters. The van der Waals surface area contributed by atoms with Crippen LogP contribution in [0.5, 0.6) is 17.2 Å². The van der Waals surface area contributed by atoms with Gasteiger partial charge in [-0.25, -0.2) is 26.3 Å². The van der Waals surface area contributed by atoms with E-state index in [4.69, 9.17) is 35.5 Å². The Hall–Kier alpha value is -13.3. The molecule has 0 aliphatic carbocycles. The molecule has 5 aromatic carbocycles. The largest absolute Gasteiger partial charge is 0.487 e. The Balaban J connectivity index is 1.09. The molecule has 8 rings (SSSR count). The number of carboxylic acids is 1. The van der Waals surface area contributed by atoms with Gasteiger partial charge < -0.3 is 98.5 Å². The van der Waals surface area contributed by atoms with Crippen molar-refractivity contribution in [2.45, 2.75) is 308 Å². The summed E-state index contributed by atoms with van der Waals surface area (Å²) in [6, 6.07) is 7.63. The second-order valence-corrected chi connectivity index (χ2v) is 42.3. The first-order valence-corrected chi connectivity index (χ1v) is 50.2. The highest BCUT2D eigenvalue weighted by atomic mass is 32.2. The van der Waals surface area contributed by atoms with E-state index in [0.29, 0.717) is 92.8 Å². The first-order valence-electron chi connectivity index (χ1n) is 47.2. The smallest absolute Gasteiger partial charge is 0.322 e. The minimum absolute atomic E-state index is 0.0114. The van der Waals surface area contributed by atoms with Crippen LogP contribution in [-0.2, 0) is 108 Å². The zero-order chi connectivity index (χ0) is 105. The molecule has 0 spiro atoms. The van der Waals surface area contributed by atoms with Crippen LogP contribution in [0.15, 0.2) is 88.7 Å². The minimum atomic E-state index is -4.50. The average molecular weight is 2020 g/mol. The van der Waals surface area contributed by atoms with Crippen LogP contribution in [0, 0.1) is 62.5 Å². The number of likely N-dealkylation sites (tertiary alicyclic amines) is 1. The Morgan fingerprint density at radius 2 is 1.02 bits per heavy atom. The summed E-state index contributed by atoms with van der Waals surface area (Å²) in [7, 11) is -8.97. The number of benzene rings is 5. The van der Waals surface area contributed by atoms with Crippen LogP contribution in [0.2, 0.25) is 0 Å². The number of nitrogen functional groups attached to an aromatic ring is 1. The van der Waals surface area contributed by atoms with Gasteiger partial charge >= 0.3 is 5.97 Å². The zero-order valence-electron chi connectivity index (χ0n) is 83.9. The van der Waals surface area contributed by atoms with Gasteiger partial charge in [0.25, 0.3) is 31.0 Å².